The monoisotopic (exact) mass is 228 g/mol. The van der Waals surface area contributed by atoms with Gasteiger partial charge in [0, 0.05) is 13.0 Å². The summed E-state index contributed by atoms with van der Waals surface area (Å²) in [6.07, 6.45) is 0.581. The molecule has 17 heavy (non-hydrogen) atoms. The third-order valence-electron chi connectivity index (χ3n) is 3.48. The molecule has 3 rings (SSSR count). The summed E-state index contributed by atoms with van der Waals surface area (Å²) in [4.78, 5) is 17.3. The van der Waals surface area contributed by atoms with Gasteiger partial charge < -0.3 is 0 Å². The molecule has 1 unspecified atom stereocenters. The average molecular weight is 228 g/mol. The van der Waals surface area contributed by atoms with Crippen LogP contribution in [-0.2, 0) is 9.63 Å². The van der Waals surface area contributed by atoms with Crippen molar-refractivity contribution in [2.45, 2.75) is 12.5 Å². The number of fused-ring (bicyclic) bond motifs is 2. The molecule has 1 aromatic carbocycles. The Balaban J connectivity index is 1.93. The Kier molecular flexibility index (Phi) is 2.43. The molecule has 0 amide bonds. The minimum atomic E-state index is -0.0447. The summed E-state index contributed by atoms with van der Waals surface area (Å²) in [5.41, 5.74) is 1.69. The fraction of sp³-hybridized carbons (Fsp3) is 0.385. The minimum Gasteiger partial charge on any atom is -0.299 e. The van der Waals surface area contributed by atoms with Crippen LogP contribution in [0.15, 0.2) is 24.3 Å². The molecular weight excluding hydrogens is 216 g/mol. The van der Waals surface area contributed by atoms with Crippen molar-refractivity contribution in [3.8, 4) is 6.07 Å². The Morgan fingerprint density at radius 2 is 2.12 bits per heavy atom. The standard InChI is InChI=1S/C13H12N2O2/c14-7-9-1-3-10(4-2-9)13-11-8-17-15(13)6-5-12(11)16/h1-4,11,13H,5-6,8H2/t11-,13-/m0/s1. The van der Waals surface area contributed by atoms with E-state index in [9.17, 15) is 4.79 Å². The molecule has 4 heteroatoms. The van der Waals surface area contributed by atoms with Gasteiger partial charge in [0.1, 0.15) is 5.78 Å². The lowest BCUT2D eigenvalue weighted by atomic mass is 9.86. The maximum atomic E-state index is 11.8. The quantitative estimate of drug-likeness (QED) is 0.729. The molecule has 0 aromatic heterocycles. The number of rotatable bonds is 1. The van der Waals surface area contributed by atoms with Crippen LogP contribution in [0.5, 0.6) is 0 Å². The molecule has 0 aliphatic carbocycles. The number of hydrogen-bond donors (Lipinski definition) is 0. The van der Waals surface area contributed by atoms with Crippen LogP contribution in [0, 0.1) is 17.2 Å². The van der Waals surface area contributed by atoms with E-state index in [2.05, 4.69) is 6.07 Å². The van der Waals surface area contributed by atoms with Gasteiger partial charge in [-0.3, -0.25) is 9.63 Å². The lowest BCUT2D eigenvalue weighted by Gasteiger charge is -2.29. The average Bonchev–Trinajstić information content (AvgIpc) is 2.71. The molecule has 2 heterocycles. The van der Waals surface area contributed by atoms with Crippen LogP contribution in [0.2, 0.25) is 0 Å². The van der Waals surface area contributed by atoms with Crippen molar-refractivity contribution in [2.75, 3.05) is 13.2 Å². The molecule has 0 spiro atoms. The van der Waals surface area contributed by atoms with Crippen molar-refractivity contribution in [3.05, 3.63) is 35.4 Å². The maximum absolute atomic E-state index is 11.8. The van der Waals surface area contributed by atoms with E-state index in [1.807, 2.05) is 17.2 Å². The second-order valence-electron chi connectivity index (χ2n) is 4.44. The number of ketones is 1. The smallest absolute Gasteiger partial charge is 0.141 e. The Hall–Kier alpha value is -1.70. The highest BCUT2D eigenvalue weighted by Crippen LogP contribution is 2.39. The van der Waals surface area contributed by atoms with Crippen LogP contribution < -0.4 is 0 Å². The SMILES string of the molecule is N#Cc1ccc([C@H]2[C@H]3CON2CCC3=O)cc1. The second-order valence-corrected chi connectivity index (χ2v) is 4.44. The molecule has 0 saturated carbocycles. The van der Waals surface area contributed by atoms with Gasteiger partial charge in [0.25, 0.3) is 0 Å². The van der Waals surface area contributed by atoms with Crippen LogP contribution in [0.25, 0.3) is 0 Å². The van der Waals surface area contributed by atoms with Gasteiger partial charge in [-0.2, -0.15) is 10.3 Å². The van der Waals surface area contributed by atoms with Crippen molar-refractivity contribution in [1.29, 1.82) is 5.26 Å². The van der Waals surface area contributed by atoms with Gasteiger partial charge in [-0.05, 0) is 17.7 Å². The summed E-state index contributed by atoms with van der Waals surface area (Å²) < 4.78 is 0. The predicted molar refractivity (Wildman–Crippen MR) is 59.7 cm³/mol. The number of benzene rings is 1. The number of carbonyl (C=O) groups excluding carboxylic acids is 1. The van der Waals surface area contributed by atoms with E-state index in [1.54, 1.807) is 12.1 Å². The number of Topliss-reactive ketones (excluding diaryl/α,β-unsaturated/α-hetero) is 1. The fourth-order valence-electron chi connectivity index (χ4n) is 2.58. The summed E-state index contributed by atoms with van der Waals surface area (Å²) in [7, 11) is 0. The highest BCUT2D eigenvalue weighted by Gasteiger charge is 2.44. The fourth-order valence-corrected chi connectivity index (χ4v) is 2.58. The summed E-state index contributed by atoms with van der Waals surface area (Å²) in [6, 6.07) is 9.52. The van der Waals surface area contributed by atoms with Crippen molar-refractivity contribution in [1.82, 2.24) is 5.06 Å². The van der Waals surface area contributed by atoms with Crippen LogP contribution in [0.3, 0.4) is 0 Å². The van der Waals surface area contributed by atoms with Gasteiger partial charge in [-0.1, -0.05) is 12.1 Å². The van der Waals surface area contributed by atoms with Gasteiger partial charge in [0.2, 0.25) is 0 Å². The van der Waals surface area contributed by atoms with Crippen LogP contribution in [0.4, 0.5) is 0 Å². The Morgan fingerprint density at radius 3 is 2.82 bits per heavy atom. The molecular formula is C13H12N2O2. The van der Waals surface area contributed by atoms with Crippen LogP contribution >= 0.6 is 0 Å². The van der Waals surface area contributed by atoms with Gasteiger partial charge in [-0.15, -0.1) is 0 Å². The number of hydrogen-bond acceptors (Lipinski definition) is 4. The van der Waals surface area contributed by atoms with E-state index in [1.165, 1.54) is 0 Å². The van der Waals surface area contributed by atoms with E-state index >= 15 is 0 Å². The maximum Gasteiger partial charge on any atom is 0.141 e. The first-order valence-electron chi connectivity index (χ1n) is 5.72. The van der Waals surface area contributed by atoms with Gasteiger partial charge in [-0.25, -0.2) is 0 Å². The zero-order chi connectivity index (χ0) is 11.8. The van der Waals surface area contributed by atoms with Crippen LogP contribution in [0.1, 0.15) is 23.6 Å². The number of nitriles is 1. The van der Waals surface area contributed by atoms with E-state index < -0.39 is 0 Å². The third-order valence-corrected chi connectivity index (χ3v) is 3.48. The molecule has 2 aliphatic rings. The van der Waals surface area contributed by atoms with Crippen molar-refractivity contribution in [2.24, 2.45) is 5.92 Å². The number of piperidine rings is 1. The summed E-state index contributed by atoms with van der Waals surface area (Å²) >= 11 is 0. The first-order chi connectivity index (χ1) is 8.29. The normalized spacial score (nSPS) is 31.2. The van der Waals surface area contributed by atoms with E-state index in [4.69, 9.17) is 10.1 Å². The van der Waals surface area contributed by atoms with Crippen LogP contribution in [-0.4, -0.2) is 24.0 Å². The molecule has 86 valence electrons. The largest absolute Gasteiger partial charge is 0.299 e. The molecule has 0 N–H and O–H groups in total. The third kappa shape index (κ3) is 1.64. The molecule has 2 saturated heterocycles. The van der Waals surface area contributed by atoms with E-state index in [-0.39, 0.29) is 17.7 Å². The number of hydroxylamine groups is 2. The molecule has 4 nitrogen and oxygen atoms in total. The Labute approximate surface area is 99.4 Å². The van der Waals surface area contributed by atoms with Gasteiger partial charge in [0.15, 0.2) is 0 Å². The van der Waals surface area contributed by atoms with Gasteiger partial charge >= 0.3 is 0 Å². The first kappa shape index (κ1) is 10.5. The summed E-state index contributed by atoms with van der Waals surface area (Å²) in [6.45, 7) is 1.16. The molecule has 1 aromatic rings. The summed E-state index contributed by atoms with van der Waals surface area (Å²) in [5.74, 6) is 0.241. The number of nitrogens with zero attached hydrogens (tertiary/aromatic N) is 2. The second kappa shape index (κ2) is 3.95. The Bertz CT molecular complexity index is 489. The van der Waals surface area contributed by atoms with Crippen molar-refractivity contribution < 1.29 is 9.63 Å². The molecule has 2 bridgehead atoms. The highest BCUT2D eigenvalue weighted by atomic mass is 16.7. The van der Waals surface area contributed by atoms with Crippen molar-refractivity contribution >= 4 is 5.78 Å². The van der Waals surface area contributed by atoms with E-state index in [0.717, 1.165) is 5.56 Å². The topological polar surface area (TPSA) is 53.3 Å². The predicted octanol–water partition coefficient (Wildman–Crippen LogP) is 1.44. The highest BCUT2D eigenvalue weighted by molar-refractivity contribution is 5.83. The Morgan fingerprint density at radius 1 is 1.35 bits per heavy atom. The number of carbonyl (C=O) groups is 1. The van der Waals surface area contributed by atoms with Gasteiger partial charge in [0.05, 0.1) is 30.2 Å². The zero-order valence-electron chi connectivity index (χ0n) is 9.30. The lowest BCUT2D eigenvalue weighted by Crippen LogP contribution is -2.35. The van der Waals surface area contributed by atoms with Crippen molar-refractivity contribution in [3.63, 3.8) is 0 Å². The minimum absolute atomic E-state index is 0.0315. The lowest BCUT2D eigenvalue weighted by molar-refractivity contribution is -0.144. The summed E-state index contributed by atoms with van der Waals surface area (Å²) in [5, 5.41) is 10.7. The molecule has 0 radical (unpaired) electrons. The first-order valence-corrected chi connectivity index (χ1v) is 5.72. The molecule has 2 aliphatic heterocycles. The molecule has 3 atom stereocenters. The van der Waals surface area contributed by atoms with E-state index in [0.29, 0.717) is 25.1 Å². The molecule has 2 fully saturated rings. The zero-order valence-corrected chi connectivity index (χ0v) is 9.30.